The van der Waals surface area contributed by atoms with Crippen molar-refractivity contribution in [1.82, 2.24) is 20.1 Å². The molecular formula is C23H23Cl2N5O2S. The molecule has 33 heavy (non-hydrogen) atoms. The Hall–Kier alpha value is -2.81. The molecule has 0 aliphatic carbocycles. The second-order valence-corrected chi connectivity index (χ2v) is 8.95. The number of rotatable bonds is 9. The van der Waals surface area contributed by atoms with E-state index in [0.29, 0.717) is 33.1 Å². The number of thioether (sulfide) groups is 1. The smallest absolute Gasteiger partial charge is 0.251 e. The minimum Gasteiger partial charge on any atom is -0.345 e. The molecule has 0 aliphatic heterocycles. The lowest BCUT2D eigenvalue weighted by atomic mass is 10.1. The van der Waals surface area contributed by atoms with Crippen LogP contribution in [0.25, 0.3) is 0 Å². The van der Waals surface area contributed by atoms with Gasteiger partial charge in [0.05, 0.1) is 22.3 Å². The number of hydrogen-bond donors (Lipinski definition) is 2. The van der Waals surface area contributed by atoms with Gasteiger partial charge in [0.2, 0.25) is 5.91 Å². The van der Waals surface area contributed by atoms with Crippen molar-refractivity contribution in [2.75, 3.05) is 11.1 Å². The number of nitrogens with zero attached hydrogens (tertiary/aromatic N) is 3. The molecule has 0 bridgehead atoms. The zero-order chi connectivity index (χ0) is 24.0. The largest absolute Gasteiger partial charge is 0.345 e. The molecule has 0 radical (unpaired) electrons. The summed E-state index contributed by atoms with van der Waals surface area (Å²) in [5.74, 6) is 0.249. The molecule has 3 aromatic rings. The number of aromatic nitrogens is 3. The summed E-state index contributed by atoms with van der Waals surface area (Å²) in [6.45, 7) is 8.32. The van der Waals surface area contributed by atoms with E-state index in [0.717, 1.165) is 16.8 Å². The van der Waals surface area contributed by atoms with Crippen LogP contribution in [0.3, 0.4) is 0 Å². The normalized spacial score (nSPS) is 10.7. The van der Waals surface area contributed by atoms with Gasteiger partial charge in [-0.2, -0.15) is 0 Å². The third kappa shape index (κ3) is 6.37. The van der Waals surface area contributed by atoms with Crippen LogP contribution in [0, 0.1) is 13.8 Å². The number of amides is 2. The van der Waals surface area contributed by atoms with E-state index in [-0.39, 0.29) is 24.1 Å². The molecule has 2 aromatic carbocycles. The van der Waals surface area contributed by atoms with Gasteiger partial charge in [-0.3, -0.25) is 9.59 Å². The first kappa shape index (κ1) is 24.8. The number of carbonyl (C=O) groups excluding carboxylic acids is 2. The number of aryl methyl sites for hydroxylation is 1. The van der Waals surface area contributed by atoms with Crippen LogP contribution >= 0.6 is 35.0 Å². The lowest BCUT2D eigenvalue weighted by Crippen LogP contribution is -2.25. The van der Waals surface area contributed by atoms with Crippen LogP contribution in [0.4, 0.5) is 5.69 Å². The molecule has 0 aliphatic rings. The number of anilines is 1. The lowest BCUT2D eigenvalue weighted by Gasteiger charge is -2.11. The van der Waals surface area contributed by atoms with Gasteiger partial charge in [-0.15, -0.1) is 16.8 Å². The summed E-state index contributed by atoms with van der Waals surface area (Å²) in [6, 6.07) is 10.4. The predicted molar refractivity (Wildman–Crippen MR) is 133 cm³/mol. The first-order valence-corrected chi connectivity index (χ1v) is 11.8. The molecule has 0 atom stereocenters. The van der Waals surface area contributed by atoms with Gasteiger partial charge < -0.3 is 15.2 Å². The average Bonchev–Trinajstić information content (AvgIpc) is 3.17. The Balaban J connectivity index is 1.63. The van der Waals surface area contributed by atoms with Gasteiger partial charge in [0.15, 0.2) is 11.0 Å². The molecule has 0 spiro atoms. The van der Waals surface area contributed by atoms with Crippen LogP contribution in [-0.4, -0.2) is 32.3 Å². The monoisotopic (exact) mass is 503 g/mol. The molecule has 172 valence electrons. The summed E-state index contributed by atoms with van der Waals surface area (Å²) in [6.07, 6.45) is 1.70. The molecule has 1 heterocycles. The Morgan fingerprint density at radius 1 is 1.15 bits per heavy atom. The Labute approximate surface area is 206 Å². The summed E-state index contributed by atoms with van der Waals surface area (Å²) in [5.41, 5.74) is 3.32. The van der Waals surface area contributed by atoms with Gasteiger partial charge in [0, 0.05) is 17.8 Å². The van der Waals surface area contributed by atoms with Crippen molar-refractivity contribution in [1.29, 1.82) is 0 Å². The molecule has 0 saturated carbocycles. The third-order valence-corrected chi connectivity index (χ3v) is 6.61. The van der Waals surface area contributed by atoms with Gasteiger partial charge in [-0.25, -0.2) is 0 Å². The molecule has 3 rings (SSSR count). The highest BCUT2D eigenvalue weighted by Crippen LogP contribution is 2.23. The van der Waals surface area contributed by atoms with Gasteiger partial charge in [0.25, 0.3) is 5.91 Å². The van der Waals surface area contributed by atoms with Crippen molar-refractivity contribution in [2.24, 2.45) is 0 Å². The minimum atomic E-state index is -0.316. The van der Waals surface area contributed by atoms with Gasteiger partial charge >= 0.3 is 0 Å². The van der Waals surface area contributed by atoms with E-state index in [9.17, 15) is 9.59 Å². The van der Waals surface area contributed by atoms with E-state index >= 15 is 0 Å². The number of nitrogens with one attached hydrogen (secondary N) is 2. The maximum absolute atomic E-state index is 12.5. The standard InChI is InChI=1S/C23H23Cl2N5O2S/c1-4-10-30-20(12-26-22(32)16-8-9-17(24)18(25)11-16)28-29-23(30)33-13-21(31)27-19-7-5-6-14(2)15(19)3/h4-9,11H,1,10,12-13H2,2-3H3,(H,26,32)(H,27,31). The summed E-state index contributed by atoms with van der Waals surface area (Å²) < 4.78 is 1.80. The quantitative estimate of drug-likeness (QED) is 0.315. The second kappa shape index (κ2) is 11.4. The minimum absolute atomic E-state index is 0.142. The highest BCUT2D eigenvalue weighted by molar-refractivity contribution is 7.99. The highest BCUT2D eigenvalue weighted by Gasteiger charge is 2.16. The van der Waals surface area contributed by atoms with Crippen molar-refractivity contribution < 1.29 is 9.59 Å². The fourth-order valence-electron chi connectivity index (χ4n) is 2.97. The zero-order valence-corrected chi connectivity index (χ0v) is 20.5. The average molecular weight is 504 g/mol. The fraction of sp³-hybridized carbons (Fsp3) is 0.217. The first-order chi connectivity index (χ1) is 15.8. The maximum Gasteiger partial charge on any atom is 0.251 e. The molecule has 1 aromatic heterocycles. The molecular weight excluding hydrogens is 481 g/mol. The van der Waals surface area contributed by atoms with Crippen LogP contribution in [-0.2, 0) is 17.9 Å². The Kier molecular flexibility index (Phi) is 8.55. The molecule has 10 heteroatoms. The van der Waals surface area contributed by atoms with E-state index < -0.39 is 0 Å². The maximum atomic E-state index is 12.5. The van der Waals surface area contributed by atoms with Gasteiger partial charge in [-0.05, 0) is 49.2 Å². The summed E-state index contributed by atoms with van der Waals surface area (Å²) in [4.78, 5) is 24.9. The van der Waals surface area contributed by atoms with Crippen LogP contribution in [0.15, 0.2) is 54.2 Å². The van der Waals surface area contributed by atoms with Crippen molar-refractivity contribution in [3.8, 4) is 0 Å². The van der Waals surface area contributed by atoms with Gasteiger partial charge in [-0.1, -0.05) is 53.2 Å². The number of hydrogen-bond acceptors (Lipinski definition) is 5. The van der Waals surface area contributed by atoms with Crippen LogP contribution < -0.4 is 10.6 Å². The molecule has 0 unspecified atom stereocenters. The van der Waals surface area contributed by atoms with E-state index in [1.165, 1.54) is 17.8 Å². The van der Waals surface area contributed by atoms with Gasteiger partial charge in [0.1, 0.15) is 0 Å². The zero-order valence-electron chi connectivity index (χ0n) is 18.2. The van der Waals surface area contributed by atoms with E-state index in [1.807, 2.05) is 32.0 Å². The fourth-order valence-corrected chi connectivity index (χ4v) is 4.04. The lowest BCUT2D eigenvalue weighted by molar-refractivity contribution is -0.113. The van der Waals surface area contributed by atoms with Crippen LogP contribution in [0.1, 0.15) is 27.3 Å². The Morgan fingerprint density at radius 2 is 1.94 bits per heavy atom. The van der Waals surface area contributed by atoms with Crippen LogP contribution in [0.2, 0.25) is 10.0 Å². The van der Waals surface area contributed by atoms with Crippen molar-refractivity contribution in [2.45, 2.75) is 32.1 Å². The SMILES string of the molecule is C=CCn1c(CNC(=O)c2ccc(Cl)c(Cl)c2)nnc1SCC(=O)Nc1cccc(C)c1C. The number of halogens is 2. The summed E-state index contributed by atoms with van der Waals surface area (Å²) in [7, 11) is 0. The Morgan fingerprint density at radius 3 is 2.67 bits per heavy atom. The topological polar surface area (TPSA) is 88.9 Å². The van der Waals surface area contributed by atoms with Crippen LogP contribution in [0.5, 0.6) is 0 Å². The van der Waals surface area contributed by atoms with Crippen molar-refractivity contribution in [3.63, 3.8) is 0 Å². The Bertz CT molecular complexity index is 1200. The molecule has 0 saturated heterocycles. The summed E-state index contributed by atoms with van der Waals surface area (Å²) >= 11 is 13.2. The van der Waals surface area contributed by atoms with Crippen molar-refractivity contribution >= 4 is 52.5 Å². The summed E-state index contributed by atoms with van der Waals surface area (Å²) in [5, 5.41) is 15.3. The number of carbonyl (C=O) groups is 2. The van der Waals surface area contributed by atoms with Crippen molar-refractivity contribution in [3.05, 3.63) is 81.6 Å². The first-order valence-electron chi connectivity index (χ1n) is 10.0. The predicted octanol–water partition coefficient (Wildman–Crippen LogP) is 5.05. The molecule has 7 nitrogen and oxygen atoms in total. The second-order valence-electron chi connectivity index (χ2n) is 7.19. The molecule has 2 N–H and O–H groups in total. The number of benzene rings is 2. The van der Waals surface area contributed by atoms with E-state index in [2.05, 4.69) is 27.4 Å². The molecule has 0 fully saturated rings. The van der Waals surface area contributed by atoms with E-state index in [4.69, 9.17) is 23.2 Å². The van der Waals surface area contributed by atoms with E-state index in [1.54, 1.807) is 22.8 Å². The number of allylic oxidation sites excluding steroid dienone is 1. The third-order valence-electron chi connectivity index (χ3n) is 4.91. The molecule has 2 amide bonds. The highest BCUT2D eigenvalue weighted by atomic mass is 35.5.